The first-order chi connectivity index (χ1) is 7.24. The van der Waals surface area contributed by atoms with Crippen LogP contribution in [0, 0.1) is 5.92 Å². The number of carbonyl (C=O) groups excluding carboxylic acids is 1. The highest BCUT2D eigenvalue weighted by molar-refractivity contribution is 5.76. The second-order valence-electron chi connectivity index (χ2n) is 4.50. The van der Waals surface area contributed by atoms with Crippen molar-refractivity contribution < 1.29 is 4.79 Å². The molecule has 0 saturated heterocycles. The smallest absolute Gasteiger partial charge is 0.221 e. The highest BCUT2D eigenvalue weighted by Gasteiger charge is 2.22. The van der Waals surface area contributed by atoms with Crippen molar-refractivity contribution in [2.45, 2.75) is 52.0 Å². The zero-order valence-electron chi connectivity index (χ0n) is 10.0. The minimum absolute atomic E-state index is 0.190. The molecule has 1 aliphatic rings. The van der Waals surface area contributed by atoms with Gasteiger partial charge in [-0.15, -0.1) is 0 Å². The van der Waals surface area contributed by atoms with E-state index in [2.05, 4.69) is 24.5 Å². The first kappa shape index (κ1) is 12.5. The number of hydrogen-bond acceptors (Lipinski definition) is 2. The summed E-state index contributed by atoms with van der Waals surface area (Å²) in [6, 6.07) is 0.363. The van der Waals surface area contributed by atoms with E-state index in [9.17, 15) is 4.79 Å². The van der Waals surface area contributed by atoms with Gasteiger partial charge in [0.1, 0.15) is 0 Å². The monoisotopic (exact) mass is 212 g/mol. The third-order valence-corrected chi connectivity index (χ3v) is 3.27. The van der Waals surface area contributed by atoms with Gasteiger partial charge in [0.05, 0.1) is 0 Å². The SMILES string of the molecule is CCNCCC(=O)NC(C)C1CCCC1. The van der Waals surface area contributed by atoms with Crippen LogP contribution in [-0.2, 0) is 4.79 Å². The van der Waals surface area contributed by atoms with Gasteiger partial charge in [-0.3, -0.25) is 4.79 Å². The summed E-state index contributed by atoms with van der Waals surface area (Å²) < 4.78 is 0. The Labute approximate surface area is 93.0 Å². The Balaban J connectivity index is 2.13. The van der Waals surface area contributed by atoms with Crippen LogP contribution in [0.2, 0.25) is 0 Å². The topological polar surface area (TPSA) is 41.1 Å². The summed E-state index contributed by atoms with van der Waals surface area (Å²) in [5, 5.41) is 6.26. The largest absolute Gasteiger partial charge is 0.353 e. The first-order valence-electron chi connectivity index (χ1n) is 6.24. The van der Waals surface area contributed by atoms with Gasteiger partial charge in [-0.25, -0.2) is 0 Å². The summed E-state index contributed by atoms with van der Waals surface area (Å²) in [5.41, 5.74) is 0. The molecule has 0 heterocycles. The van der Waals surface area contributed by atoms with Crippen LogP contribution in [0.3, 0.4) is 0 Å². The van der Waals surface area contributed by atoms with Crippen LogP contribution in [0.4, 0.5) is 0 Å². The standard InChI is InChI=1S/C12H24N2O/c1-3-13-9-8-12(15)14-10(2)11-6-4-5-7-11/h10-11,13H,3-9H2,1-2H3,(H,14,15). The Bertz CT molecular complexity index is 188. The van der Waals surface area contributed by atoms with Gasteiger partial charge in [-0.05, 0) is 32.2 Å². The molecule has 1 aliphatic carbocycles. The molecule has 1 fully saturated rings. The number of amides is 1. The summed E-state index contributed by atoms with van der Waals surface area (Å²) in [6.07, 6.45) is 5.85. The van der Waals surface area contributed by atoms with Crippen LogP contribution < -0.4 is 10.6 Å². The molecular weight excluding hydrogens is 188 g/mol. The zero-order valence-corrected chi connectivity index (χ0v) is 10.0. The van der Waals surface area contributed by atoms with Crippen molar-refractivity contribution in [3.8, 4) is 0 Å². The van der Waals surface area contributed by atoms with E-state index < -0.39 is 0 Å². The van der Waals surface area contributed by atoms with Gasteiger partial charge in [0.25, 0.3) is 0 Å². The molecular formula is C12H24N2O. The Kier molecular flexibility index (Phi) is 5.69. The molecule has 15 heavy (non-hydrogen) atoms. The lowest BCUT2D eigenvalue weighted by Gasteiger charge is -2.20. The van der Waals surface area contributed by atoms with Crippen LogP contribution in [0.5, 0.6) is 0 Å². The maximum absolute atomic E-state index is 11.5. The van der Waals surface area contributed by atoms with Crippen molar-refractivity contribution in [1.82, 2.24) is 10.6 Å². The molecule has 0 aromatic heterocycles. The van der Waals surface area contributed by atoms with E-state index in [0.29, 0.717) is 18.4 Å². The van der Waals surface area contributed by atoms with Crippen LogP contribution in [0.15, 0.2) is 0 Å². The molecule has 0 bridgehead atoms. The molecule has 1 atom stereocenters. The van der Waals surface area contributed by atoms with Gasteiger partial charge in [-0.1, -0.05) is 19.8 Å². The Morgan fingerprint density at radius 1 is 1.40 bits per heavy atom. The molecule has 1 rings (SSSR count). The van der Waals surface area contributed by atoms with Crippen molar-refractivity contribution in [2.24, 2.45) is 5.92 Å². The van der Waals surface area contributed by atoms with Crippen molar-refractivity contribution in [1.29, 1.82) is 0 Å². The quantitative estimate of drug-likeness (QED) is 0.658. The summed E-state index contributed by atoms with van der Waals surface area (Å²) in [5.74, 6) is 0.906. The van der Waals surface area contributed by atoms with Crippen molar-refractivity contribution in [3.05, 3.63) is 0 Å². The summed E-state index contributed by atoms with van der Waals surface area (Å²) in [4.78, 5) is 11.5. The lowest BCUT2D eigenvalue weighted by molar-refractivity contribution is -0.121. The van der Waals surface area contributed by atoms with Gasteiger partial charge in [0.2, 0.25) is 5.91 Å². The van der Waals surface area contributed by atoms with E-state index in [-0.39, 0.29) is 5.91 Å². The minimum Gasteiger partial charge on any atom is -0.353 e. The third kappa shape index (κ3) is 4.65. The fraction of sp³-hybridized carbons (Fsp3) is 0.917. The van der Waals surface area contributed by atoms with Gasteiger partial charge in [0.15, 0.2) is 0 Å². The van der Waals surface area contributed by atoms with Gasteiger partial charge >= 0.3 is 0 Å². The van der Waals surface area contributed by atoms with Crippen molar-refractivity contribution >= 4 is 5.91 Å². The van der Waals surface area contributed by atoms with Crippen molar-refractivity contribution in [2.75, 3.05) is 13.1 Å². The first-order valence-corrected chi connectivity index (χ1v) is 6.24. The Morgan fingerprint density at radius 2 is 2.07 bits per heavy atom. The molecule has 1 saturated carbocycles. The molecule has 3 heteroatoms. The number of nitrogens with one attached hydrogen (secondary N) is 2. The summed E-state index contributed by atoms with van der Waals surface area (Å²) in [6.45, 7) is 5.92. The lowest BCUT2D eigenvalue weighted by atomic mass is 10.00. The number of carbonyl (C=O) groups is 1. The zero-order chi connectivity index (χ0) is 11.1. The summed E-state index contributed by atoms with van der Waals surface area (Å²) >= 11 is 0. The fourth-order valence-electron chi connectivity index (χ4n) is 2.28. The highest BCUT2D eigenvalue weighted by Crippen LogP contribution is 2.27. The number of rotatable bonds is 6. The predicted molar refractivity (Wildman–Crippen MR) is 62.7 cm³/mol. The van der Waals surface area contributed by atoms with Crippen LogP contribution >= 0.6 is 0 Å². The van der Waals surface area contributed by atoms with E-state index in [1.54, 1.807) is 0 Å². The minimum atomic E-state index is 0.190. The summed E-state index contributed by atoms with van der Waals surface area (Å²) in [7, 11) is 0. The van der Waals surface area contributed by atoms with Crippen molar-refractivity contribution in [3.63, 3.8) is 0 Å². The highest BCUT2D eigenvalue weighted by atomic mass is 16.1. The van der Waals surface area contributed by atoms with Gasteiger partial charge < -0.3 is 10.6 Å². The maximum atomic E-state index is 11.5. The van der Waals surface area contributed by atoms with E-state index >= 15 is 0 Å². The average Bonchev–Trinajstić information content (AvgIpc) is 2.70. The lowest BCUT2D eigenvalue weighted by Crippen LogP contribution is -2.38. The maximum Gasteiger partial charge on any atom is 0.221 e. The van der Waals surface area contributed by atoms with E-state index in [1.165, 1.54) is 25.7 Å². The van der Waals surface area contributed by atoms with E-state index in [0.717, 1.165) is 13.1 Å². The van der Waals surface area contributed by atoms with Gasteiger partial charge in [0, 0.05) is 19.0 Å². The Hall–Kier alpha value is -0.570. The van der Waals surface area contributed by atoms with Crippen LogP contribution in [0.25, 0.3) is 0 Å². The number of hydrogen-bond donors (Lipinski definition) is 2. The second kappa shape index (κ2) is 6.83. The molecule has 3 nitrogen and oxygen atoms in total. The van der Waals surface area contributed by atoms with E-state index in [4.69, 9.17) is 0 Å². The molecule has 0 spiro atoms. The third-order valence-electron chi connectivity index (χ3n) is 3.27. The fourth-order valence-corrected chi connectivity index (χ4v) is 2.28. The molecule has 88 valence electrons. The molecule has 0 aliphatic heterocycles. The van der Waals surface area contributed by atoms with Gasteiger partial charge in [-0.2, -0.15) is 0 Å². The predicted octanol–water partition coefficient (Wildman–Crippen LogP) is 1.68. The normalized spacial score (nSPS) is 19.1. The second-order valence-corrected chi connectivity index (χ2v) is 4.50. The molecule has 0 radical (unpaired) electrons. The molecule has 0 aromatic carbocycles. The average molecular weight is 212 g/mol. The molecule has 1 unspecified atom stereocenters. The molecule has 1 amide bonds. The molecule has 0 aromatic rings. The molecule has 2 N–H and O–H groups in total. The van der Waals surface area contributed by atoms with E-state index in [1.807, 2.05) is 0 Å². The van der Waals surface area contributed by atoms with Crippen LogP contribution in [0.1, 0.15) is 46.0 Å². The van der Waals surface area contributed by atoms with Crippen LogP contribution in [-0.4, -0.2) is 25.0 Å². The Morgan fingerprint density at radius 3 is 2.67 bits per heavy atom.